The highest BCUT2D eigenvalue weighted by atomic mass is 19.3. The molecule has 12 nitrogen and oxygen atoms in total. The summed E-state index contributed by atoms with van der Waals surface area (Å²) in [7, 11) is 3.31. The minimum absolute atomic E-state index is 0.0224. The van der Waals surface area contributed by atoms with Gasteiger partial charge in [0.15, 0.2) is 5.82 Å². The van der Waals surface area contributed by atoms with E-state index in [1.54, 1.807) is 23.1 Å². The number of halogens is 2. The van der Waals surface area contributed by atoms with Gasteiger partial charge in [0.25, 0.3) is 6.43 Å². The molecule has 14 heteroatoms. The Balaban J connectivity index is 1.56. The number of morpholine rings is 1. The molecular formula is C27H36F2N8O4. The highest BCUT2D eigenvalue weighted by molar-refractivity contribution is 5.84. The van der Waals surface area contributed by atoms with Gasteiger partial charge in [-0.15, -0.1) is 0 Å². The van der Waals surface area contributed by atoms with Gasteiger partial charge in [0.1, 0.15) is 16.9 Å². The molecule has 2 aliphatic heterocycles. The number of imidazole rings is 1. The van der Waals surface area contributed by atoms with Crippen LogP contribution >= 0.6 is 0 Å². The van der Waals surface area contributed by atoms with Crippen LogP contribution in [0.15, 0.2) is 18.2 Å². The summed E-state index contributed by atoms with van der Waals surface area (Å²) in [5.74, 6) is 0.551. The van der Waals surface area contributed by atoms with Crippen LogP contribution in [0.25, 0.3) is 17.0 Å². The number of hydrogen-bond acceptors (Lipinski definition) is 10. The minimum atomic E-state index is -2.89. The zero-order chi connectivity index (χ0) is 29.3. The molecule has 1 amide bonds. The standard InChI is InChI=1S/C27H36F2N8O4/c1-27(2,3)41-26(38)36-11-7-8-17(16-36)34(4)23-31-24(35-12-14-40-15-13-35)33-25(32-23)37-18-9-6-10-19(39-5)20(18)30-22(37)21(28)29/h6,9-10,17,21H,7-8,11-16H2,1-5H3/t17-/m1/s1. The lowest BCUT2D eigenvalue weighted by molar-refractivity contribution is 0.0199. The number of para-hydroxylation sites is 1. The maximum absolute atomic E-state index is 14.3. The van der Waals surface area contributed by atoms with Crippen molar-refractivity contribution < 1.29 is 27.8 Å². The Morgan fingerprint density at radius 2 is 1.83 bits per heavy atom. The smallest absolute Gasteiger partial charge is 0.410 e. The van der Waals surface area contributed by atoms with Crippen molar-refractivity contribution in [3.8, 4) is 11.7 Å². The monoisotopic (exact) mass is 574 g/mol. The molecule has 0 bridgehead atoms. The number of aromatic nitrogens is 5. The number of carbonyl (C=O) groups excluding carboxylic acids is 1. The first kappa shape index (κ1) is 28.7. The van der Waals surface area contributed by atoms with Crippen molar-refractivity contribution in [3.05, 3.63) is 24.0 Å². The molecule has 0 aliphatic carbocycles. The molecular weight excluding hydrogens is 538 g/mol. The Bertz CT molecular complexity index is 1390. The van der Waals surface area contributed by atoms with Crippen LogP contribution in [0.5, 0.6) is 5.75 Å². The van der Waals surface area contributed by atoms with Crippen LogP contribution in [0, 0.1) is 0 Å². The number of ether oxygens (including phenoxy) is 3. The van der Waals surface area contributed by atoms with Gasteiger partial charge in [-0.1, -0.05) is 6.07 Å². The minimum Gasteiger partial charge on any atom is -0.494 e. The maximum Gasteiger partial charge on any atom is 0.410 e. The summed E-state index contributed by atoms with van der Waals surface area (Å²) in [5.41, 5.74) is 0.0695. The third kappa shape index (κ3) is 6.11. The Morgan fingerprint density at radius 1 is 1.10 bits per heavy atom. The lowest BCUT2D eigenvalue weighted by Gasteiger charge is -2.38. The summed E-state index contributed by atoms with van der Waals surface area (Å²) in [5, 5.41) is 0. The number of hydrogen-bond donors (Lipinski definition) is 0. The predicted molar refractivity (Wildman–Crippen MR) is 148 cm³/mol. The molecule has 0 N–H and O–H groups in total. The average Bonchev–Trinajstić information content (AvgIpc) is 3.36. The number of likely N-dealkylation sites (tertiary alicyclic amines) is 1. The molecule has 2 aliphatic rings. The van der Waals surface area contributed by atoms with E-state index in [1.165, 1.54) is 11.7 Å². The number of anilines is 2. The topological polar surface area (TPSA) is 111 Å². The van der Waals surface area contributed by atoms with Crippen LogP contribution in [0.1, 0.15) is 45.9 Å². The summed E-state index contributed by atoms with van der Waals surface area (Å²) < 4.78 is 46.4. The normalized spacial score (nSPS) is 18.2. The van der Waals surface area contributed by atoms with Crippen LogP contribution in [-0.2, 0) is 9.47 Å². The molecule has 222 valence electrons. The first-order chi connectivity index (χ1) is 19.6. The highest BCUT2D eigenvalue weighted by Crippen LogP contribution is 2.33. The van der Waals surface area contributed by atoms with E-state index in [0.29, 0.717) is 62.6 Å². The third-order valence-electron chi connectivity index (χ3n) is 7.09. The summed E-state index contributed by atoms with van der Waals surface area (Å²) in [6, 6.07) is 4.93. The lowest BCUT2D eigenvalue weighted by atomic mass is 10.1. The van der Waals surface area contributed by atoms with E-state index in [-0.39, 0.29) is 23.6 Å². The molecule has 0 unspecified atom stereocenters. The van der Waals surface area contributed by atoms with Crippen molar-refractivity contribution in [2.45, 2.75) is 51.7 Å². The molecule has 41 heavy (non-hydrogen) atoms. The molecule has 0 radical (unpaired) electrons. The van der Waals surface area contributed by atoms with Crippen LogP contribution < -0.4 is 14.5 Å². The average molecular weight is 575 g/mol. The largest absolute Gasteiger partial charge is 0.494 e. The summed E-state index contributed by atoms with van der Waals surface area (Å²) in [6.07, 6.45) is -1.71. The predicted octanol–water partition coefficient (Wildman–Crippen LogP) is 3.83. The molecule has 2 aromatic heterocycles. The zero-order valence-corrected chi connectivity index (χ0v) is 24.0. The van der Waals surface area contributed by atoms with Gasteiger partial charge in [-0.25, -0.2) is 18.6 Å². The van der Waals surface area contributed by atoms with Crippen molar-refractivity contribution in [3.63, 3.8) is 0 Å². The second-order valence-corrected chi connectivity index (χ2v) is 11.1. The third-order valence-corrected chi connectivity index (χ3v) is 7.09. The van der Waals surface area contributed by atoms with Crippen LogP contribution in [0.2, 0.25) is 0 Å². The number of nitrogens with zero attached hydrogens (tertiary/aromatic N) is 8. The molecule has 5 rings (SSSR count). The van der Waals surface area contributed by atoms with E-state index in [0.717, 1.165) is 12.8 Å². The van der Waals surface area contributed by atoms with Gasteiger partial charge < -0.3 is 28.9 Å². The molecule has 1 aromatic carbocycles. The number of benzene rings is 1. The van der Waals surface area contributed by atoms with Crippen LogP contribution in [0.3, 0.4) is 0 Å². The van der Waals surface area contributed by atoms with Crippen molar-refractivity contribution >= 4 is 29.0 Å². The van der Waals surface area contributed by atoms with Crippen LogP contribution in [0.4, 0.5) is 25.5 Å². The van der Waals surface area contributed by atoms with Crippen molar-refractivity contribution in [1.82, 2.24) is 29.4 Å². The summed E-state index contributed by atoms with van der Waals surface area (Å²) >= 11 is 0. The van der Waals surface area contributed by atoms with Crippen molar-refractivity contribution in [2.24, 2.45) is 0 Å². The van der Waals surface area contributed by atoms with Gasteiger partial charge in [0, 0.05) is 39.3 Å². The fourth-order valence-corrected chi connectivity index (χ4v) is 5.05. The van der Waals surface area contributed by atoms with Crippen molar-refractivity contribution in [2.75, 3.05) is 63.4 Å². The van der Waals surface area contributed by atoms with E-state index in [4.69, 9.17) is 19.2 Å². The fraction of sp³-hybridized carbons (Fsp3) is 0.593. The number of methoxy groups -OCH3 is 1. The van der Waals surface area contributed by atoms with Gasteiger partial charge in [0.2, 0.25) is 17.8 Å². The van der Waals surface area contributed by atoms with Crippen molar-refractivity contribution in [1.29, 1.82) is 0 Å². The van der Waals surface area contributed by atoms with Gasteiger partial charge in [-0.2, -0.15) is 15.0 Å². The molecule has 0 spiro atoms. The highest BCUT2D eigenvalue weighted by Gasteiger charge is 2.32. The van der Waals surface area contributed by atoms with Gasteiger partial charge in [0.05, 0.1) is 25.8 Å². The number of rotatable bonds is 6. The number of piperidine rings is 1. The second-order valence-electron chi connectivity index (χ2n) is 11.1. The lowest BCUT2D eigenvalue weighted by Crippen LogP contribution is -2.50. The van der Waals surface area contributed by atoms with Gasteiger partial charge in [-0.05, 0) is 45.7 Å². The Hall–Kier alpha value is -3.81. The summed E-state index contributed by atoms with van der Waals surface area (Å²) in [6.45, 7) is 8.57. The summed E-state index contributed by atoms with van der Waals surface area (Å²) in [4.78, 5) is 36.6. The quantitative estimate of drug-likeness (QED) is 0.431. The number of carbonyl (C=O) groups is 1. The van der Waals surface area contributed by atoms with E-state index < -0.39 is 17.9 Å². The first-order valence-corrected chi connectivity index (χ1v) is 13.7. The molecule has 4 heterocycles. The molecule has 3 aromatic rings. The van der Waals surface area contributed by atoms with Gasteiger partial charge >= 0.3 is 6.09 Å². The van der Waals surface area contributed by atoms with Crippen LogP contribution in [-0.4, -0.2) is 101 Å². The second kappa shape index (κ2) is 11.6. The molecule has 0 saturated carbocycles. The molecule has 1 atom stereocenters. The number of fused-ring (bicyclic) bond motifs is 1. The molecule has 2 fully saturated rings. The molecule has 2 saturated heterocycles. The zero-order valence-electron chi connectivity index (χ0n) is 24.0. The maximum atomic E-state index is 14.3. The number of amides is 1. The number of likely N-dealkylation sites (N-methyl/N-ethyl adjacent to an activating group) is 1. The van der Waals surface area contributed by atoms with E-state index in [1.807, 2.05) is 37.6 Å². The van der Waals surface area contributed by atoms with E-state index in [9.17, 15) is 13.6 Å². The van der Waals surface area contributed by atoms with E-state index in [2.05, 4.69) is 15.0 Å². The first-order valence-electron chi connectivity index (χ1n) is 13.7. The Labute approximate surface area is 237 Å². The Kier molecular flexibility index (Phi) is 8.11. The van der Waals surface area contributed by atoms with E-state index >= 15 is 0 Å². The Morgan fingerprint density at radius 3 is 2.51 bits per heavy atom. The fourth-order valence-electron chi connectivity index (χ4n) is 5.05. The van der Waals surface area contributed by atoms with Gasteiger partial charge in [-0.3, -0.25) is 4.57 Å². The number of alkyl halides is 2. The SMILES string of the molecule is COc1cccc2c1nc(C(F)F)n2-c1nc(N2CCOCC2)nc(N(C)[C@@H]2CCCN(C(=O)OC(C)(C)C)C2)n1.